The fraction of sp³-hybridized carbons (Fsp3) is 0.765. The summed E-state index contributed by atoms with van der Waals surface area (Å²) in [4.78, 5) is 40.1. The molecule has 0 aromatic carbocycles. The number of rotatable bonds is 12. The molecule has 0 aliphatic carbocycles. The minimum atomic E-state index is -1.12. The van der Waals surface area contributed by atoms with Crippen molar-refractivity contribution in [2.75, 3.05) is 6.54 Å². The van der Waals surface area contributed by atoms with Crippen molar-refractivity contribution in [3.05, 3.63) is 0 Å². The van der Waals surface area contributed by atoms with Gasteiger partial charge in [-0.3, -0.25) is 14.6 Å². The lowest BCUT2D eigenvalue weighted by Gasteiger charge is -2.27. The van der Waals surface area contributed by atoms with E-state index in [1.54, 1.807) is 20.8 Å². The van der Waals surface area contributed by atoms with Crippen molar-refractivity contribution in [3.8, 4) is 0 Å². The second-order valence-electron chi connectivity index (χ2n) is 7.00. The number of amides is 2. The van der Waals surface area contributed by atoms with Gasteiger partial charge >= 0.3 is 5.97 Å². The molecule has 0 aliphatic rings. The van der Waals surface area contributed by atoms with Crippen LogP contribution in [0.1, 0.15) is 47.0 Å². The fourth-order valence-electron chi connectivity index (χ4n) is 2.37. The third kappa shape index (κ3) is 9.23. The summed E-state index contributed by atoms with van der Waals surface area (Å²) < 4.78 is 0. The van der Waals surface area contributed by atoms with E-state index in [1.807, 2.05) is 6.92 Å². The molecule has 10 heteroatoms. The zero-order valence-electron chi connectivity index (χ0n) is 16.6. The number of carboxylic acids is 1. The van der Waals surface area contributed by atoms with Gasteiger partial charge in [0.2, 0.25) is 11.8 Å². The van der Waals surface area contributed by atoms with Crippen molar-refractivity contribution >= 4 is 23.7 Å². The summed E-state index contributed by atoms with van der Waals surface area (Å²) in [5.41, 5.74) is 16.3. The molecule has 0 saturated heterocycles. The summed E-state index contributed by atoms with van der Waals surface area (Å²) in [6.45, 7) is 7.43. The van der Waals surface area contributed by atoms with E-state index in [4.69, 9.17) is 17.2 Å². The van der Waals surface area contributed by atoms with Crippen molar-refractivity contribution in [1.82, 2.24) is 10.6 Å². The molecule has 0 fully saturated rings. The first-order chi connectivity index (χ1) is 12.5. The summed E-state index contributed by atoms with van der Waals surface area (Å²) in [5, 5.41) is 14.4. The molecule has 4 atom stereocenters. The molecule has 156 valence electrons. The molecule has 2 amide bonds. The molecule has 27 heavy (non-hydrogen) atoms. The molecule has 0 unspecified atom stereocenters. The molecular weight excluding hydrogens is 352 g/mol. The number of aliphatic imine (C=N–C) groups is 1. The number of nitrogens with zero attached hydrogens (tertiary/aromatic N) is 1. The lowest BCUT2D eigenvalue weighted by Crippen LogP contribution is -2.57. The lowest BCUT2D eigenvalue weighted by molar-refractivity contribution is -0.143. The van der Waals surface area contributed by atoms with Gasteiger partial charge < -0.3 is 32.9 Å². The van der Waals surface area contributed by atoms with Crippen molar-refractivity contribution in [2.45, 2.75) is 65.1 Å². The zero-order valence-corrected chi connectivity index (χ0v) is 16.6. The minimum Gasteiger partial charge on any atom is -0.480 e. The highest BCUT2D eigenvalue weighted by Crippen LogP contribution is 2.11. The van der Waals surface area contributed by atoms with E-state index in [1.165, 1.54) is 0 Å². The minimum absolute atomic E-state index is 0.0281. The average molecular weight is 386 g/mol. The Morgan fingerprint density at radius 3 is 2.04 bits per heavy atom. The maximum absolute atomic E-state index is 12.6. The predicted octanol–water partition coefficient (Wildman–Crippen LogP) is -0.876. The number of aliphatic carboxylic acids is 1. The Kier molecular flexibility index (Phi) is 11.0. The topological polar surface area (TPSA) is 186 Å². The zero-order chi connectivity index (χ0) is 21.1. The van der Waals surface area contributed by atoms with Gasteiger partial charge in [-0.25, -0.2) is 4.79 Å². The van der Waals surface area contributed by atoms with Gasteiger partial charge in [-0.2, -0.15) is 0 Å². The SMILES string of the molecule is CC[C@H](C)[C@H](NC(=O)[C@@H](N)CCCN=C(N)N)C(=O)N[C@H](C(=O)O)C(C)C. The number of guanidine groups is 1. The van der Waals surface area contributed by atoms with Crippen LogP contribution in [0.25, 0.3) is 0 Å². The summed E-state index contributed by atoms with van der Waals surface area (Å²) in [6, 6.07) is -2.72. The monoisotopic (exact) mass is 386 g/mol. The molecule has 10 nitrogen and oxygen atoms in total. The number of carbonyl (C=O) groups is 3. The van der Waals surface area contributed by atoms with Crippen molar-refractivity contribution in [2.24, 2.45) is 34.0 Å². The van der Waals surface area contributed by atoms with Crippen LogP contribution in [0.2, 0.25) is 0 Å². The van der Waals surface area contributed by atoms with E-state index in [0.29, 0.717) is 25.8 Å². The number of carboxylic acid groups (broad SMARTS) is 1. The molecule has 0 aromatic heterocycles. The Labute approximate surface area is 160 Å². The average Bonchev–Trinajstić information content (AvgIpc) is 2.58. The summed E-state index contributed by atoms with van der Waals surface area (Å²) in [5.74, 6) is -2.64. The summed E-state index contributed by atoms with van der Waals surface area (Å²) >= 11 is 0. The van der Waals surface area contributed by atoms with Crippen LogP contribution in [-0.4, -0.2) is 53.5 Å². The molecule has 0 radical (unpaired) electrons. The van der Waals surface area contributed by atoms with Gasteiger partial charge in [-0.05, 0) is 24.7 Å². The van der Waals surface area contributed by atoms with Crippen LogP contribution >= 0.6 is 0 Å². The smallest absolute Gasteiger partial charge is 0.326 e. The maximum Gasteiger partial charge on any atom is 0.326 e. The Morgan fingerprint density at radius 1 is 1.04 bits per heavy atom. The molecular formula is C17H34N6O4. The van der Waals surface area contributed by atoms with Crippen LogP contribution in [0.5, 0.6) is 0 Å². The number of hydrogen-bond acceptors (Lipinski definition) is 5. The first-order valence-electron chi connectivity index (χ1n) is 9.15. The molecule has 0 aliphatic heterocycles. The Balaban J connectivity index is 4.94. The third-order valence-electron chi connectivity index (χ3n) is 4.33. The Morgan fingerprint density at radius 2 is 1.59 bits per heavy atom. The van der Waals surface area contributed by atoms with Crippen LogP contribution in [0.3, 0.4) is 0 Å². The highest BCUT2D eigenvalue weighted by Gasteiger charge is 2.31. The molecule has 0 saturated carbocycles. The molecule has 0 rings (SSSR count). The molecule has 0 heterocycles. The number of nitrogens with two attached hydrogens (primary N) is 3. The summed E-state index contributed by atoms with van der Waals surface area (Å²) in [7, 11) is 0. The molecule has 0 spiro atoms. The lowest BCUT2D eigenvalue weighted by atomic mass is 9.96. The van der Waals surface area contributed by atoms with E-state index in [-0.39, 0.29) is 17.8 Å². The number of nitrogens with one attached hydrogen (secondary N) is 2. The van der Waals surface area contributed by atoms with E-state index in [2.05, 4.69) is 15.6 Å². The van der Waals surface area contributed by atoms with Gasteiger partial charge in [0.1, 0.15) is 12.1 Å². The highest BCUT2D eigenvalue weighted by atomic mass is 16.4. The van der Waals surface area contributed by atoms with Crippen LogP contribution in [0.4, 0.5) is 0 Å². The van der Waals surface area contributed by atoms with Gasteiger partial charge in [-0.1, -0.05) is 34.1 Å². The van der Waals surface area contributed by atoms with Gasteiger partial charge in [0.25, 0.3) is 0 Å². The largest absolute Gasteiger partial charge is 0.480 e. The summed E-state index contributed by atoms with van der Waals surface area (Å²) in [6.07, 6.45) is 1.49. The quantitative estimate of drug-likeness (QED) is 0.143. The molecule has 0 aromatic rings. The third-order valence-corrected chi connectivity index (χ3v) is 4.33. The second-order valence-corrected chi connectivity index (χ2v) is 7.00. The van der Waals surface area contributed by atoms with Crippen molar-refractivity contribution < 1.29 is 19.5 Å². The van der Waals surface area contributed by atoms with Crippen LogP contribution < -0.4 is 27.8 Å². The van der Waals surface area contributed by atoms with E-state index < -0.39 is 35.9 Å². The van der Waals surface area contributed by atoms with Gasteiger partial charge in [-0.15, -0.1) is 0 Å². The first-order valence-corrected chi connectivity index (χ1v) is 9.15. The van der Waals surface area contributed by atoms with E-state index in [9.17, 15) is 19.5 Å². The standard InChI is InChI=1S/C17H34N6O4/c1-5-10(4)13(15(25)22-12(9(2)3)16(26)27)23-14(24)11(18)7-6-8-21-17(19)20/h9-13H,5-8,18H2,1-4H3,(H,22,25)(H,23,24)(H,26,27)(H4,19,20,21)/t10-,11-,12-,13-/m0/s1. The van der Waals surface area contributed by atoms with Crippen molar-refractivity contribution in [3.63, 3.8) is 0 Å². The highest BCUT2D eigenvalue weighted by molar-refractivity contribution is 5.92. The number of carbonyl (C=O) groups excluding carboxylic acids is 2. The fourth-order valence-corrected chi connectivity index (χ4v) is 2.37. The Hall–Kier alpha value is -2.36. The first kappa shape index (κ1) is 24.6. The molecule has 0 bridgehead atoms. The van der Waals surface area contributed by atoms with Crippen LogP contribution in [0.15, 0.2) is 4.99 Å². The van der Waals surface area contributed by atoms with Crippen molar-refractivity contribution in [1.29, 1.82) is 0 Å². The van der Waals surface area contributed by atoms with Crippen LogP contribution in [0, 0.1) is 11.8 Å². The number of hydrogen-bond donors (Lipinski definition) is 6. The Bertz CT molecular complexity index is 534. The predicted molar refractivity (Wildman–Crippen MR) is 104 cm³/mol. The normalized spacial score (nSPS) is 15.3. The van der Waals surface area contributed by atoms with Gasteiger partial charge in [0.05, 0.1) is 6.04 Å². The van der Waals surface area contributed by atoms with Gasteiger partial charge in [0, 0.05) is 6.54 Å². The van der Waals surface area contributed by atoms with Gasteiger partial charge in [0.15, 0.2) is 5.96 Å². The van der Waals surface area contributed by atoms with E-state index >= 15 is 0 Å². The maximum atomic E-state index is 12.6. The van der Waals surface area contributed by atoms with Crippen LogP contribution in [-0.2, 0) is 14.4 Å². The molecule has 9 N–H and O–H groups in total. The van der Waals surface area contributed by atoms with E-state index in [0.717, 1.165) is 0 Å². The second kappa shape index (κ2) is 12.1.